The van der Waals surface area contributed by atoms with Gasteiger partial charge in [-0.25, -0.2) is 0 Å². The molecular weight excluding hydrogens is 306 g/mol. The van der Waals surface area contributed by atoms with Crippen LogP contribution in [-0.2, 0) is 4.79 Å². The Balaban J connectivity index is 2.24. The molecule has 0 spiro atoms. The molecule has 132 valence electrons. The predicted molar refractivity (Wildman–Crippen MR) is 106 cm³/mol. The molecule has 0 saturated carbocycles. The fourth-order valence-corrected chi connectivity index (χ4v) is 2.66. The molecule has 2 aromatic rings. The predicted octanol–water partition coefficient (Wildman–Crippen LogP) is 5.63. The van der Waals surface area contributed by atoms with E-state index >= 15 is 0 Å². The number of amides is 1. The summed E-state index contributed by atoms with van der Waals surface area (Å²) in [6.45, 7) is 10.4. The van der Waals surface area contributed by atoms with E-state index in [1.54, 1.807) is 0 Å². The van der Waals surface area contributed by atoms with Gasteiger partial charge < -0.3 is 5.32 Å². The number of hydrogen-bond acceptors (Lipinski definition) is 1. The first-order valence-corrected chi connectivity index (χ1v) is 8.84. The van der Waals surface area contributed by atoms with Crippen molar-refractivity contribution in [2.75, 3.05) is 0 Å². The van der Waals surface area contributed by atoms with Crippen LogP contribution in [0.5, 0.6) is 0 Å². The van der Waals surface area contributed by atoms with Crippen LogP contribution in [0.15, 0.2) is 66.7 Å². The zero-order chi connectivity index (χ0) is 18.5. The molecule has 0 aliphatic rings. The molecule has 2 aromatic carbocycles. The molecule has 25 heavy (non-hydrogen) atoms. The van der Waals surface area contributed by atoms with E-state index in [0.717, 1.165) is 11.1 Å². The number of hydrogen-bond donors (Lipinski definition) is 1. The number of rotatable bonds is 5. The maximum atomic E-state index is 13.2. The third-order valence-corrected chi connectivity index (χ3v) is 5.09. The number of carbonyl (C=O) groups excluding carboxylic acids is 1. The minimum Gasteiger partial charge on any atom is -0.349 e. The maximum Gasteiger partial charge on any atom is 0.230 e. The fourth-order valence-electron chi connectivity index (χ4n) is 2.66. The van der Waals surface area contributed by atoms with Gasteiger partial charge in [-0.2, -0.15) is 0 Å². The Morgan fingerprint density at radius 1 is 0.920 bits per heavy atom. The number of benzene rings is 2. The van der Waals surface area contributed by atoms with Crippen molar-refractivity contribution in [3.8, 4) is 0 Å². The topological polar surface area (TPSA) is 29.1 Å². The van der Waals surface area contributed by atoms with E-state index < -0.39 is 5.41 Å². The monoisotopic (exact) mass is 335 g/mol. The molecule has 0 bridgehead atoms. The van der Waals surface area contributed by atoms with Crippen molar-refractivity contribution in [1.29, 1.82) is 0 Å². The highest BCUT2D eigenvalue weighted by atomic mass is 16.2. The van der Waals surface area contributed by atoms with Crippen molar-refractivity contribution in [2.45, 2.75) is 40.7 Å². The molecule has 1 N–H and O–H groups in total. The largest absolute Gasteiger partial charge is 0.349 e. The van der Waals surface area contributed by atoms with Gasteiger partial charge in [0.05, 0.1) is 11.5 Å². The van der Waals surface area contributed by atoms with Crippen LogP contribution >= 0.6 is 0 Å². The van der Waals surface area contributed by atoms with Crippen LogP contribution < -0.4 is 5.32 Å². The van der Waals surface area contributed by atoms with E-state index in [2.05, 4.69) is 26.1 Å². The summed E-state index contributed by atoms with van der Waals surface area (Å²) < 4.78 is 0. The van der Waals surface area contributed by atoms with Gasteiger partial charge in [0.15, 0.2) is 0 Å². The average Bonchev–Trinajstić information content (AvgIpc) is 2.60. The average molecular weight is 335 g/mol. The first kappa shape index (κ1) is 19.0. The summed E-state index contributed by atoms with van der Waals surface area (Å²) in [4.78, 5) is 13.2. The normalized spacial score (nSPS) is 15.6. The lowest BCUT2D eigenvalue weighted by Gasteiger charge is -2.39. The van der Waals surface area contributed by atoms with Crippen LogP contribution in [0.4, 0.5) is 0 Å². The lowest BCUT2D eigenvalue weighted by Crippen LogP contribution is -2.46. The van der Waals surface area contributed by atoms with E-state index in [0.29, 0.717) is 0 Å². The van der Waals surface area contributed by atoms with Crippen molar-refractivity contribution in [3.63, 3.8) is 0 Å². The Morgan fingerprint density at radius 2 is 1.44 bits per heavy atom. The van der Waals surface area contributed by atoms with E-state index in [9.17, 15) is 4.79 Å². The summed E-state index contributed by atoms with van der Waals surface area (Å²) in [7, 11) is 0. The van der Waals surface area contributed by atoms with Gasteiger partial charge in [-0.1, -0.05) is 93.6 Å². The van der Waals surface area contributed by atoms with Gasteiger partial charge in [0.25, 0.3) is 0 Å². The Labute approximate surface area is 152 Å². The van der Waals surface area contributed by atoms with Crippen LogP contribution in [-0.4, -0.2) is 5.91 Å². The van der Waals surface area contributed by atoms with E-state index in [4.69, 9.17) is 0 Å². The third-order valence-electron chi connectivity index (χ3n) is 5.09. The van der Waals surface area contributed by atoms with Crippen molar-refractivity contribution in [3.05, 3.63) is 77.9 Å². The molecule has 0 aliphatic heterocycles. The quantitative estimate of drug-likeness (QED) is 0.754. The van der Waals surface area contributed by atoms with Crippen LogP contribution in [0.2, 0.25) is 0 Å². The lowest BCUT2D eigenvalue weighted by molar-refractivity contribution is -0.133. The van der Waals surface area contributed by atoms with Crippen molar-refractivity contribution < 1.29 is 4.79 Å². The van der Waals surface area contributed by atoms with Crippen LogP contribution in [0.1, 0.15) is 51.8 Å². The summed E-state index contributed by atoms with van der Waals surface area (Å²) in [6, 6.07) is 20.1. The Morgan fingerprint density at radius 3 is 1.96 bits per heavy atom. The molecule has 0 aromatic heterocycles. The first-order valence-electron chi connectivity index (χ1n) is 8.84. The van der Waals surface area contributed by atoms with Gasteiger partial charge >= 0.3 is 0 Å². The molecule has 1 amide bonds. The molecule has 0 unspecified atom stereocenters. The first-order chi connectivity index (χ1) is 11.7. The highest BCUT2D eigenvalue weighted by Crippen LogP contribution is 2.41. The Hall–Kier alpha value is -2.35. The zero-order valence-corrected chi connectivity index (χ0v) is 15.9. The van der Waals surface area contributed by atoms with Crippen LogP contribution in [0.25, 0.3) is 6.08 Å². The second kappa shape index (κ2) is 7.69. The SMILES string of the molecule is C[C@H](NC(=O)[C@@](C)(/C=C/c1ccccc1)C(C)(C)C)c1ccccc1. The Kier molecular flexibility index (Phi) is 5.84. The lowest BCUT2D eigenvalue weighted by atomic mass is 9.66. The number of nitrogens with one attached hydrogen (secondary N) is 1. The van der Waals surface area contributed by atoms with Gasteiger partial charge in [0.1, 0.15) is 0 Å². The van der Waals surface area contributed by atoms with Gasteiger partial charge in [0.2, 0.25) is 5.91 Å². The molecule has 0 radical (unpaired) electrons. The van der Waals surface area contributed by atoms with Crippen LogP contribution in [0, 0.1) is 10.8 Å². The highest BCUT2D eigenvalue weighted by Gasteiger charge is 2.42. The maximum absolute atomic E-state index is 13.2. The van der Waals surface area contributed by atoms with Crippen molar-refractivity contribution >= 4 is 12.0 Å². The van der Waals surface area contributed by atoms with Crippen LogP contribution in [0.3, 0.4) is 0 Å². The summed E-state index contributed by atoms with van der Waals surface area (Å²) in [5.41, 5.74) is 1.38. The van der Waals surface area contributed by atoms with Gasteiger partial charge in [-0.05, 0) is 30.4 Å². The van der Waals surface area contributed by atoms with Gasteiger partial charge in [0, 0.05) is 0 Å². The smallest absolute Gasteiger partial charge is 0.230 e. The summed E-state index contributed by atoms with van der Waals surface area (Å²) in [5, 5.41) is 3.19. The minimum atomic E-state index is -0.619. The molecule has 0 saturated heterocycles. The van der Waals surface area contributed by atoms with Gasteiger partial charge in [-0.15, -0.1) is 0 Å². The highest BCUT2D eigenvalue weighted by molar-refractivity contribution is 5.86. The van der Waals surface area contributed by atoms with Crippen molar-refractivity contribution in [2.24, 2.45) is 10.8 Å². The number of carbonyl (C=O) groups is 1. The molecule has 0 aliphatic carbocycles. The van der Waals surface area contributed by atoms with E-state index in [1.165, 1.54) is 0 Å². The molecule has 2 nitrogen and oxygen atoms in total. The second-order valence-corrected chi connectivity index (χ2v) is 7.80. The fraction of sp³-hybridized carbons (Fsp3) is 0.348. The second-order valence-electron chi connectivity index (χ2n) is 7.80. The molecule has 0 fully saturated rings. The van der Waals surface area contributed by atoms with Gasteiger partial charge in [-0.3, -0.25) is 4.79 Å². The zero-order valence-electron chi connectivity index (χ0n) is 15.9. The molecule has 2 heteroatoms. The summed E-state index contributed by atoms with van der Waals surface area (Å²) >= 11 is 0. The van der Waals surface area contributed by atoms with E-state index in [-0.39, 0.29) is 17.4 Å². The standard InChI is InChI=1S/C23H29NO/c1-18(20-14-10-7-11-15-20)24-21(25)23(5,22(2,3)4)17-16-19-12-8-6-9-13-19/h6-18H,1-5H3,(H,24,25)/b17-16+/t18-,23+/m0/s1. The molecule has 2 atom stereocenters. The van der Waals surface area contributed by atoms with Crippen molar-refractivity contribution in [1.82, 2.24) is 5.32 Å². The molecule has 2 rings (SSSR count). The molecular formula is C23H29NO. The summed E-state index contributed by atoms with van der Waals surface area (Å²) in [6.07, 6.45) is 4.08. The third kappa shape index (κ3) is 4.60. The Bertz CT molecular complexity index is 713. The minimum absolute atomic E-state index is 0.0273. The summed E-state index contributed by atoms with van der Waals surface area (Å²) in [5.74, 6) is 0.0449. The van der Waals surface area contributed by atoms with E-state index in [1.807, 2.05) is 86.7 Å². The molecule has 0 heterocycles.